The molecule has 5 N–H and O–H groups in total. The first-order valence-electron chi connectivity index (χ1n) is 9.01. The number of amides is 1. The minimum atomic E-state index is -3.83. The fourth-order valence-corrected chi connectivity index (χ4v) is 6.01. The van der Waals surface area contributed by atoms with E-state index in [9.17, 15) is 18.3 Å². The molecule has 0 bridgehead atoms. The number of nitrogens with zero attached hydrogens (tertiary/aromatic N) is 2. The first kappa shape index (κ1) is 21.0. The van der Waals surface area contributed by atoms with E-state index in [-0.39, 0.29) is 22.8 Å². The molecule has 1 aromatic carbocycles. The standard InChI is InChI=1S/C19H19ClF2N4O3S/c1-18(16(22)30(28,29)19(6-7-19)17(23)26-18)12-8-11(3-4-13(12)21)25-15(27)14-5-2-10(20)9-24-14/h2-5,8-9,16,28-29H,6-7H2,1H3,(H2,23,26)(H,25,27)/t16-,18+/m0/s1. The number of aromatic nitrogens is 1. The molecule has 30 heavy (non-hydrogen) atoms. The zero-order chi connectivity index (χ0) is 21.9. The molecule has 1 spiro atoms. The van der Waals surface area contributed by atoms with Crippen LogP contribution >= 0.6 is 22.2 Å². The van der Waals surface area contributed by atoms with Gasteiger partial charge in [0.1, 0.15) is 27.6 Å². The summed E-state index contributed by atoms with van der Waals surface area (Å²) in [5.74, 6) is -1.50. The van der Waals surface area contributed by atoms with Gasteiger partial charge in [-0.15, -0.1) is 10.6 Å². The van der Waals surface area contributed by atoms with E-state index in [0.29, 0.717) is 17.9 Å². The van der Waals surface area contributed by atoms with Crippen LogP contribution in [0.1, 0.15) is 35.8 Å². The van der Waals surface area contributed by atoms with E-state index in [1.54, 1.807) is 0 Å². The number of aliphatic imine (C=N–C) groups is 1. The maximum Gasteiger partial charge on any atom is 0.274 e. The molecule has 2 atom stereocenters. The number of carbonyl (C=O) groups is 1. The van der Waals surface area contributed by atoms with E-state index in [1.165, 1.54) is 37.4 Å². The van der Waals surface area contributed by atoms with Gasteiger partial charge in [0, 0.05) is 17.4 Å². The number of nitrogens with two attached hydrogens (primary N) is 1. The summed E-state index contributed by atoms with van der Waals surface area (Å²) in [6.45, 7) is 1.25. The number of hydrogen-bond donors (Lipinski definition) is 4. The number of rotatable bonds is 3. The van der Waals surface area contributed by atoms with Gasteiger partial charge in [-0.25, -0.2) is 13.8 Å². The second-order valence-corrected chi connectivity index (χ2v) is 10.4. The predicted octanol–water partition coefficient (Wildman–Crippen LogP) is 4.29. The Hall–Kier alpha value is -2.27. The minimum Gasteiger partial charge on any atom is -0.386 e. The lowest BCUT2D eigenvalue weighted by molar-refractivity contribution is 0.102. The normalized spacial score (nSPS) is 27.3. The molecule has 1 aromatic heterocycles. The van der Waals surface area contributed by atoms with Crippen molar-refractivity contribution in [3.63, 3.8) is 0 Å². The van der Waals surface area contributed by atoms with Crippen LogP contribution in [0, 0.1) is 5.82 Å². The number of halogens is 3. The van der Waals surface area contributed by atoms with Crippen molar-refractivity contribution in [2.45, 2.75) is 35.6 Å². The molecule has 7 nitrogen and oxygen atoms in total. The summed E-state index contributed by atoms with van der Waals surface area (Å²) >= 11 is 5.76. The lowest BCUT2D eigenvalue weighted by Gasteiger charge is -2.51. The topological polar surface area (TPSA) is 121 Å². The van der Waals surface area contributed by atoms with Gasteiger partial charge in [0.05, 0.1) is 5.02 Å². The smallest absolute Gasteiger partial charge is 0.274 e. The summed E-state index contributed by atoms with van der Waals surface area (Å²) in [6, 6.07) is 6.44. The summed E-state index contributed by atoms with van der Waals surface area (Å²) in [6.07, 6.45) is 1.93. The third-order valence-corrected chi connectivity index (χ3v) is 8.59. The van der Waals surface area contributed by atoms with Crippen LogP contribution in [0.15, 0.2) is 41.5 Å². The van der Waals surface area contributed by atoms with Gasteiger partial charge < -0.3 is 11.1 Å². The lowest BCUT2D eigenvalue weighted by Crippen LogP contribution is -2.52. The van der Waals surface area contributed by atoms with E-state index >= 15 is 4.39 Å². The van der Waals surface area contributed by atoms with E-state index in [1.807, 2.05) is 0 Å². The lowest BCUT2D eigenvalue weighted by atomic mass is 9.92. The van der Waals surface area contributed by atoms with Crippen molar-refractivity contribution in [2.75, 3.05) is 5.32 Å². The van der Waals surface area contributed by atoms with Crippen LogP contribution in [0.3, 0.4) is 0 Å². The molecule has 0 saturated heterocycles. The molecule has 1 aliphatic heterocycles. The van der Waals surface area contributed by atoms with Crippen LogP contribution in [-0.2, 0) is 5.54 Å². The number of carbonyl (C=O) groups excluding carboxylic acids is 1. The maximum atomic E-state index is 15.4. The fourth-order valence-electron chi connectivity index (χ4n) is 3.62. The molecule has 2 heterocycles. The number of alkyl halides is 1. The summed E-state index contributed by atoms with van der Waals surface area (Å²) in [5, 5.41) is 2.90. The zero-order valence-corrected chi connectivity index (χ0v) is 17.3. The first-order valence-corrected chi connectivity index (χ1v) is 11.0. The highest BCUT2D eigenvalue weighted by molar-refractivity contribution is 8.26. The summed E-state index contributed by atoms with van der Waals surface area (Å²) < 4.78 is 49.9. The molecule has 2 aliphatic rings. The van der Waals surface area contributed by atoms with Crippen molar-refractivity contribution in [3.05, 3.63) is 58.6 Å². The summed E-state index contributed by atoms with van der Waals surface area (Å²) in [4.78, 5) is 20.5. The second-order valence-electron chi connectivity index (χ2n) is 7.56. The van der Waals surface area contributed by atoms with E-state index in [4.69, 9.17) is 17.3 Å². The number of hydrogen-bond acceptors (Lipinski definition) is 6. The fraction of sp³-hybridized carbons (Fsp3) is 0.316. The van der Waals surface area contributed by atoms with Gasteiger partial charge in [-0.05, 0) is 50.1 Å². The van der Waals surface area contributed by atoms with E-state index in [2.05, 4.69) is 15.3 Å². The molecule has 1 saturated carbocycles. The molecule has 0 radical (unpaired) electrons. The second kappa shape index (κ2) is 6.88. The van der Waals surface area contributed by atoms with Crippen molar-refractivity contribution in [1.82, 2.24) is 4.98 Å². The van der Waals surface area contributed by atoms with Crippen molar-refractivity contribution >= 4 is 39.6 Å². The first-order chi connectivity index (χ1) is 14.0. The zero-order valence-electron chi connectivity index (χ0n) is 15.8. The van der Waals surface area contributed by atoms with Crippen LogP contribution < -0.4 is 11.1 Å². The Kier molecular flexibility index (Phi) is 4.81. The highest BCUT2D eigenvalue weighted by Crippen LogP contribution is 2.73. The Balaban J connectivity index is 1.70. The summed E-state index contributed by atoms with van der Waals surface area (Å²) in [7, 11) is -3.83. The monoisotopic (exact) mass is 456 g/mol. The van der Waals surface area contributed by atoms with Crippen LogP contribution in [-0.4, -0.2) is 36.1 Å². The predicted molar refractivity (Wildman–Crippen MR) is 112 cm³/mol. The quantitative estimate of drug-likeness (QED) is 0.549. The third kappa shape index (κ3) is 3.06. The average Bonchev–Trinajstić information content (AvgIpc) is 3.50. The Labute approximate surface area is 177 Å². The maximum absolute atomic E-state index is 15.4. The molecule has 2 aromatic rings. The van der Waals surface area contributed by atoms with Gasteiger partial charge >= 0.3 is 0 Å². The molecule has 4 rings (SSSR count). The highest BCUT2D eigenvalue weighted by Gasteiger charge is 2.67. The van der Waals surface area contributed by atoms with Crippen molar-refractivity contribution in [1.29, 1.82) is 0 Å². The van der Waals surface area contributed by atoms with Gasteiger partial charge in [0.25, 0.3) is 5.91 Å². The average molecular weight is 457 g/mol. The molecular formula is C19H19ClF2N4O3S. The molecule has 1 amide bonds. The molecule has 1 aliphatic carbocycles. The molecule has 0 unspecified atom stereocenters. The molecular weight excluding hydrogens is 438 g/mol. The van der Waals surface area contributed by atoms with Gasteiger partial charge in [-0.3, -0.25) is 18.9 Å². The molecule has 11 heteroatoms. The Morgan fingerprint density at radius 1 is 1.33 bits per heavy atom. The van der Waals surface area contributed by atoms with Crippen molar-refractivity contribution in [3.8, 4) is 0 Å². The largest absolute Gasteiger partial charge is 0.386 e. The summed E-state index contributed by atoms with van der Waals surface area (Å²) in [5.41, 5.74) is 1.69. The van der Waals surface area contributed by atoms with E-state index in [0.717, 1.165) is 6.07 Å². The van der Waals surface area contributed by atoms with Gasteiger partial charge in [0.15, 0.2) is 0 Å². The van der Waals surface area contributed by atoms with Crippen LogP contribution in [0.5, 0.6) is 0 Å². The van der Waals surface area contributed by atoms with E-state index < -0.39 is 38.1 Å². The van der Waals surface area contributed by atoms with Gasteiger partial charge in [-0.1, -0.05) is 11.6 Å². The van der Waals surface area contributed by atoms with Crippen LogP contribution in [0.25, 0.3) is 0 Å². The van der Waals surface area contributed by atoms with Crippen molar-refractivity contribution < 1.29 is 22.7 Å². The Morgan fingerprint density at radius 2 is 2.03 bits per heavy atom. The van der Waals surface area contributed by atoms with Crippen molar-refractivity contribution in [2.24, 2.45) is 10.7 Å². The Morgan fingerprint density at radius 3 is 2.63 bits per heavy atom. The number of anilines is 1. The molecule has 1 fully saturated rings. The van der Waals surface area contributed by atoms with Crippen LogP contribution in [0.2, 0.25) is 5.02 Å². The molecule has 160 valence electrons. The number of pyridine rings is 1. The van der Waals surface area contributed by atoms with Gasteiger partial charge in [-0.2, -0.15) is 0 Å². The number of nitrogens with one attached hydrogen (secondary N) is 1. The Bertz CT molecular complexity index is 1060. The third-order valence-electron chi connectivity index (χ3n) is 5.56. The number of amidine groups is 1. The number of benzene rings is 1. The minimum absolute atomic E-state index is 0.0737. The SMILES string of the molecule is C[C@]1(c2cc(NC(=O)c3ccc(Cl)cn3)ccc2F)N=C(N)C2(CC2)S(O)(O)[C@@H]1F. The highest BCUT2D eigenvalue weighted by atomic mass is 35.5. The van der Waals surface area contributed by atoms with Crippen LogP contribution in [0.4, 0.5) is 14.5 Å². The van der Waals surface area contributed by atoms with Gasteiger partial charge in [0.2, 0.25) is 5.50 Å².